The molecule has 6 heteroatoms. The Labute approximate surface area is 159 Å². The molecule has 1 aliphatic rings. The van der Waals surface area contributed by atoms with Gasteiger partial charge in [0.05, 0.1) is 5.56 Å². The Hall–Kier alpha value is -2.89. The standard InChI is InChI=1S/C21H25N3O3/c1-2-10-23-20(25)16-7-5-8-17(14-16)21(26)27-15-18-9-6-11-22-19(18)24-12-3-4-13-24/h5-9,11,14H,2-4,10,12-13,15H2,1H3,(H,23,25). The van der Waals surface area contributed by atoms with Crippen molar-refractivity contribution in [3.05, 3.63) is 59.3 Å². The summed E-state index contributed by atoms with van der Waals surface area (Å²) in [5.74, 6) is 0.252. The highest BCUT2D eigenvalue weighted by atomic mass is 16.5. The van der Waals surface area contributed by atoms with E-state index in [0.717, 1.165) is 43.7 Å². The Kier molecular flexibility index (Phi) is 6.41. The number of ether oxygens (including phenoxy) is 1. The Morgan fingerprint density at radius 2 is 1.93 bits per heavy atom. The van der Waals surface area contributed by atoms with E-state index in [2.05, 4.69) is 15.2 Å². The minimum absolute atomic E-state index is 0.158. The van der Waals surface area contributed by atoms with Gasteiger partial charge >= 0.3 is 5.97 Å². The van der Waals surface area contributed by atoms with Gasteiger partial charge < -0.3 is 15.0 Å². The van der Waals surface area contributed by atoms with Crippen LogP contribution in [0.25, 0.3) is 0 Å². The highest BCUT2D eigenvalue weighted by molar-refractivity contribution is 5.97. The molecule has 1 N–H and O–H groups in total. The Morgan fingerprint density at radius 3 is 2.70 bits per heavy atom. The smallest absolute Gasteiger partial charge is 0.338 e. The molecule has 1 amide bonds. The van der Waals surface area contributed by atoms with E-state index in [1.54, 1.807) is 30.5 Å². The van der Waals surface area contributed by atoms with E-state index >= 15 is 0 Å². The molecule has 0 radical (unpaired) electrons. The third kappa shape index (κ3) is 4.84. The fourth-order valence-corrected chi connectivity index (χ4v) is 3.11. The van der Waals surface area contributed by atoms with E-state index in [4.69, 9.17) is 4.74 Å². The maximum absolute atomic E-state index is 12.5. The molecule has 2 heterocycles. The number of esters is 1. The molecule has 6 nitrogen and oxygen atoms in total. The number of hydrogen-bond donors (Lipinski definition) is 1. The van der Waals surface area contributed by atoms with Crippen LogP contribution in [0.2, 0.25) is 0 Å². The summed E-state index contributed by atoms with van der Waals surface area (Å²) in [6, 6.07) is 10.4. The zero-order valence-electron chi connectivity index (χ0n) is 15.6. The van der Waals surface area contributed by atoms with E-state index in [1.165, 1.54) is 0 Å². The second-order valence-corrected chi connectivity index (χ2v) is 6.59. The summed E-state index contributed by atoms with van der Waals surface area (Å²) >= 11 is 0. The van der Waals surface area contributed by atoms with Crippen molar-refractivity contribution in [1.29, 1.82) is 0 Å². The molecule has 142 valence electrons. The fourth-order valence-electron chi connectivity index (χ4n) is 3.11. The topological polar surface area (TPSA) is 71.5 Å². The SMILES string of the molecule is CCCNC(=O)c1cccc(C(=O)OCc2cccnc2N2CCCC2)c1. The van der Waals surface area contributed by atoms with Gasteiger partial charge in [0.15, 0.2) is 0 Å². The van der Waals surface area contributed by atoms with Crippen LogP contribution in [0.15, 0.2) is 42.6 Å². The molecular formula is C21H25N3O3. The molecule has 0 aliphatic carbocycles. The summed E-state index contributed by atoms with van der Waals surface area (Å²) in [5.41, 5.74) is 1.72. The molecule has 0 atom stereocenters. The van der Waals surface area contributed by atoms with Gasteiger partial charge in [-0.05, 0) is 43.5 Å². The van der Waals surface area contributed by atoms with E-state index < -0.39 is 5.97 Å². The van der Waals surface area contributed by atoms with Crippen LogP contribution in [-0.2, 0) is 11.3 Å². The van der Waals surface area contributed by atoms with Gasteiger partial charge in [0.1, 0.15) is 12.4 Å². The van der Waals surface area contributed by atoms with Crippen molar-refractivity contribution in [2.75, 3.05) is 24.5 Å². The van der Waals surface area contributed by atoms with Crippen molar-refractivity contribution in [3.63, 3.8) is 0 Å². The first-order valence-electron chi connectivity index (χ1n) is 9.43. The Balaban J connectivity index is 1.66. The summed E-state index contributed by atoms with van der Waals surface area (Å²) < 4.78 is 5.49. The molecule has 0 spiro atoms. The predicted octanol–water partition coefficient (Wildman–Crippen LogP) is 3.18. The van der Waals surface area contributed by atoms with Crippen molar-refractivity contribution >= 4 is 17.7 Å². The third-order valence-electron chi connectivity index (χ3n) is 4.53. The first-order valence-corrected chi connectivity index (χ1v) is 9.43. The number of carbonyl (C=O) groups excluding carboxylic acids is 2. The van der Waals surface area contributed by atoms with Crippen LogP contribution in [0, 0.1) is 0 Å². The van der Waals surface area contributed by atoms with Gasteiger partial charge in [-0.3, -0.25) is 4.79 Å². The fraction of sp³-hybridized carbons (Fsp3) is 0.381. The van der Waals surface area contributed by atoms with Gasteiger partial charge in [0, 0.05) is 37.0 Å². The number of nitrogens with one attached hydrogen (secondary N) is 1. The lowest BCUT2D eigenvalue weighted by Crippen LogP contribution is -2.24. The summed E-state index contributed by atoms with van der Waals surface area (Å²) in [6.45, 7) is 4.71. The van der Waals surface area contributed by atoms with Gasteiger partial charge in [-0.1, -0.05) is 19.1 Å². The number of benzene rings is 1. The minimum Gasteiger partial charge on any atom is -0.457 e. The number of aromatic nitrogens is 1. The van der Waals surface area contributed by atoms with Crippen LogP contribution in [0.1, 0.15) is 52.5 Å². The number of nitrogens with zero attached hydrogens (tertiary/aromatic N) is 2. The van der Waals surface area contributed by atoms with Crippen molar-refractivity contribution in [2.45, 2.75) is 32.8 Å². The molecule has 0 saturated carbocycles. The van der Waals surface area contributed by atoms with Crippen molar-refractivity contribution in [1.82, 2.24) is 10.3 Å². The number of amides is 1. The lowest BCUT2D eigenvalue weighted by Gasteiger charge is -2.19. The van der Waals surface area contributed by atoms with Crippen LogP contribution < -0.4 is 10.2 Å². The van der Waals surface area contributed by atoms with Gasteiger partial charge in [-0.25, -0.2) is 9.78 Å². The van der Waals surface area contributed by atoms with E-state index in [-0.39, 0.29) is 12.5 Å². The van der Waals surface area contributed by atoms with Crippen LogP contribution in [0.3, 0.4) is 0 Å². The van der Waals surface area contributed by atoms with Crippen molar-refractivity contribution in [3.8, 4) is 0 Å². The van der Waals surface area contributed by atoms with Gasteiger partial charge in [-0.2, -0.15) is 0 Å². The lowest BCUT2D eigenvalue weighted by atomic mass is 10.1. The zero-order chi connectivity index (χ0) is 19.1. The average molecular weight is 367 g/mol. The molecule has 1 aromatic carbocycles. The molecule has 1 fully saturated rings. The van der Waals surface area contributed by atoms with Crippen molar-refractivity contribution in [2.24, 2.45) is 0 Å². The highest BCUT2D eigenvalue weighted by Gasteiger charge is 2.18. The Bertz CT molecular complexity index is 801. The minimum atomic E-state index is -0.448. The number of rotatable bonds is 7. The molecule has 27 heavy (non-hydrogen) atoms. The summed E-state index contributed by atoms with van der Waals surface area (Å²) in [6.07, 6.45) is 4.93. The summed E-state index contributed by atoms with van der Waals surface area (Å²) in [7, 11) is 0. The molecule has 0 bridgehead atoms. The maximum atomic E-state index is 12.5. The molecule has 2 aromatic rings. The van der Waals surface area contributed by atoms with Gasteiger partial charge in [-0.15, -0.1) is 0 Å². The van der Waals surface area contributed by atoms with Crippen LogP contribution >= 0.6 is 0 Å². The molecule has 1 aromatic heterocycles. The number of carbonyl (C=O) groups is 2. The van der Waals surface area contributed by atoms with Crippen LogP contribution in [0.4, 0.5) is 5.82 Å². The van der Waals surface area contributed by atoms with Crippen LogP contribution in [0.5, 0.6) is 0 Å². The number of pyridine rings is 1. The van der Waals surface area contributed by atoms with Gasteiger partial charge in [0.2, 0.25) is 0 Å². The molecular weight excluding hydrogens is 342 g/mol. The zero-order valence-corrected chi connectivity index (χ0v) is 15.6. The van der Waals surface area contributed by atoms with Crippen molar-refractivity contribution < 1.29 is 14.3 Å². The van der Waals surface area contributed by atoms with E-state index in [0.29, 0.717) is 17.7 Å². The number of hydrogen-bond acceptors (Lipinski definition) is 5. The molecule has 1 aliphatic heterocycles. The maximum Gasteiger partial charge on any atom is 0.338 e. The monoisotopic (exact) mass is 367 g/mol. The average Bonchev–Trinajstić information content (AvgIpc) is 3.25. The Morgan fingerprint density at radius 1 is 1.15 bits per heavy atom. The molecule has 0 unspecified atom stereocenters. The van der Waals surface area contributed by atoms with E-state index in [9.17, 15) is 9.59 Å². The highest BCUT2D eigenvalue weighted by Crippen LogP contribution is 2.22. The third-order valence-corrected chi connectivity index (χ3v) is 4.53. The predicted molar refractivity (Wildman–Crippen MR) is 104 cm³/mol. The normalized spacial score (nSPS) is 13.4. The first-order chi connectivity index (χ1) is 13.2. The molecule has 1 saturated heterocycles. The summed E-state index contributed by atoms with van der Waals surface area (Å²) in [5, 5.41) is 2.81. The largest absolute Gasteiger partial charge is 0.457 e. The molecule has 3 rings (SSSR count). The second kappa shape index (κ2) is 9.16. The quantitative estimate of drug-likeness (QED) is 0.761. The number of anilines is 1. The van der Waals surface area contributed by atoms with E-state index in [1.807, 2.05) is 19.1 Å². The first kappa shape index (κ1) is 18.9. The second-order valence-electron chi connectivity index (χ2n) is 6.59. The lowest BCUT2D eigenvalue weighted by molar-refractivity contribution is 0.0473. The van der Waals surface area contributed by atoms with Gasteiger partial charge in [0.25, 0.3) is 5.91 Å². The van der Waals surface area contributed by atoms with Crippen LogP contribution in [-0.4, -0.2) is 36.5 Å². The summed E-state index contributed by atoms with van der Waals surface area (Å²) in [4.78, 5) is 31.2.